The first-order chi connectivity index (χ1) is 8.60. The number of hydrogen-bond donors (Lipinski definition) is 0. The molecular formula is C12H22N2O3S. The highest BCUT2D eigenvalue weighted by molar-refractivity contribution is 7.98. The molecule has 18 heavy (non-hydrogen) atoms. The van der Waals surface area contributed by atoms with Crippen LogP contribution in [0, 0.1) is 0 Å². The fraction of sp³-hybridized carbons (Fsp3) is 0.667. The highest BCUT2D eigenvalue weighted by atomic mass is 32.2. The van der Waals surface area contributed by atoms with Gasteiger partial charge < -0.3 is 14.6 Å². The maximum atomic E-state index is 9.63. The van der Waals surface area contributed by atoms with Crippen LogP contribution in [0.1, 0.15) is 13.3 Å². The molecule has 1 heterocycles. The summed E-state index contributed by atoms with van der Waals surface area (Å²) in [4.78, 5) is 9.63. The van der Waals surface area contributed by atoms with Gasteiger partial charge in [0.1, 0.15) is 18.9 Å². The number of thioether (sulfide) groups is 1. The minimum atomic E-state index is -0.964. The number of ether oxygens (including phenoxy) is 1. The monoisotopic (exact) mass is 274 g/mol. The van der Waals surface area contributed by atoms with Crippen molar-refractivity contribution < 1.29 is 19.2 Å². The Labute approximate surface area is 113 Å². The molecular weight excluding hydrogens is 252 g/mol. The molecule has 0 atom stereocenters. The van der Waals surface area contributed by atoms with E-state index in [1.807, 2.05) is 43.5 Å². The topological polar surface area (TPSA) is 58.2 Å². The summed E-state index contributed by atoms with van der Waals surface area (Å²) < 4.78 is 9.34. The molecule has 0 aliphatic rings. The normalized spacial score (nSPS) is 9.72. The Hall–Kier alpha value is -1.01. The van der Waals surface area contributed by atoms with Crippen molar-refractivity contribution in [2.45, 2.75) is 19.9 Å². The van der Waals surface area contributed by atoms with Gasteiger partial charge in [0.2, 0.25) is 6.33 Å². The fourth-order valence-electron chi connectivity index (χ4n) is 1.13. The zero-order chi connectivity index (χ0) is 13.8. The number of hydrogen-bond acceptors (Lipinski definition) is 4. The van der Waals surface area contributed by atoms with Crippen LogP contribution in [0.3, 0.4) is 0 Å². The zero-order valence-corrected chi connectivity index (χ0v) is 12.1. The number of imidazole rings is 1. The smallest absolute Gasteiger partial charge is 0.243 e. The van der Waals surface area contributed by atoms with Crippen molar-refractivity contribution in [3.63, 3.8) is 0 Å². The van der Waals surface area contributed by atoms with Crippen molar-refractivity contribution in [1.29, 1.82) is 0 Å². The van der Waals surface area contributed by atoms with Crippen molar-refractivity contribution in [3.8, 4) is 0 Å². The third-order valence-electron chi connectivity index (χ3n) is 2.03. The Morgan fingerprint density at radius 1 is 1.56 bits per heavy atom. The van der Waals surface area contributed by atoms with Crippen molar-refractivity contribution in [3.05, 3.63) is 18.7 Å². The lowest BCUT2D eigenvalue weighted by atomic mass is 10.5. The number of aromatic nitrogens is 2. The molecule has 1 aromatic rings. The maximum absolute atomic E-state index is 9.63. The summed E-state index contributed by atoms with van der Waals surface area (Å²) in [6.07, 6.45) is 8.13. The number of carbonyl (C=O) groups excluding carboxylic acids is 1. The summed E-state index contributed by atoms with van der Waals surface area (Å²) in [6.45, 7) is 4.54. The highest BCUT2D eigenvalue weighted by Crippen LogP contribution is 1.92. The number of carbonyl (C=O) groups is 1. The lowest BCUT2D eigenvalue weighted by Crippen LogP contribution is -2.24. The summed E-state index contributed by atoms with van der Waals surface area (Å²) in [6, 6.07) is 0. The molecule has 0 spiro atoms. The van der Waals surface area contributed by atoms with E-state index in [0.717, 1.165) is 19.8 Å². The van der Waals surface area contributed by atoms with Crippen LogP contribution in [0.4, 0.5) is 0 Å². The van der Waals surface area contributed by atoms with Crippen LogP contribution in [0.25, 0.3) is 0 Å². The van der Waals surface area contributed by atoms with Crippen LogP contribution >= 0.6 is 11.8 Å². The lowest BCUT2D eigenvalue weighted by Gasteiger charge is -1.96. The summed E-state index contributed by atoms with van der Waals surface area (Å²) in [5, 5.41) is 9.63. The van der Waals surface area contributed by atoms with E-state index in [4.69, 9.17) is 4.74 Å². The van der Waals surface area contributed by atoms with Crippen LogP contribution in [0.5, 0.6) is 0 Å². The standard InChI is InChI=1S/C8H15N2O.C4H8O2S/c1-3-11-7-6-10-5-4-9(2)8-10;1-7-3-2-4(5)6/h4-5,8H,3,6-7H2,1-2H3;2-3H2,1H3,(H,5,6)/q+1;/p-1. The Morgan fingerprint density at radius 3 is 2.67 bits per heavy atom. The molecule has 0 saturated carbocycles. The van der Waals surface area contributed by atoms with Gasteiger partial charge in [0.15, 0.2) is 0 Å². The molecule has 0 unspecified atom stereocenters. The first kappa shape index (κ1) is 17.0. The Bertz CT molecular complexity index is 329. The molecule has 1 aromatic heterocycles. The average Bonchev–Trinajstić information content (AvgIpc) is 2.74. The molecule has 0 aromatic carbocycles. The second-order valence-electron chi connectivity index (χ2n) is 3.63. The van der Waals surface area contributed by atoms with E-state index in [2.05, 4.69) is 4.57 Å². The van der Waals surface area contributed by atoms with Gasteiger partial charge in [-0.1, -0.05) is 0 Å². The molecule has 0 aliphatic heterocycles. The van der Waals surface area contributed by atoms with Crippen molar-refractivity contribution in [2.24, 2.45) is 7.05 Å². The number of carboxylic acid groups (broad SMARTS) is 1. The third-order valence-corrected chi connectivity index (χ3v) is 2.64. The highest BCUT2D eigenvalue weighted by Gasteiger charge is 1.97. The molecule has 0 radical (unpaired) electrons. The van der Waals surface area contributed by atoms with Gasteiger partial charge in [-0.3, -0.25) is 0 Å². The number of rotatable bonds is 7. The molecule has 0 N–H and O–H groups in total. The van der Waals surface area contributed by atoms with Crippen LogP contribution in [-0.2, 0) is 23.1 Å². The van der Waals surface area contributed by atoms with Gasteiger partial charge in [-0.2, -0.15) is 11.8 Å². The van der Waals surface area contributed by atoms with E-state index in [-0.39, 0.29) is 6.42 Å². The molecule has 0 saturated heterocycles. The average molecular weight is 274 g/mol. The van der Waals surface area contributed by atoms with E-state index in [9.17, 15) is 9.90 Å². The van der Waals surface area contributed by atoms with Gasteiger partial charge in [-0.15, -0.1) is 0 Å². The van der Waals surface area contributed by atoms with Crippen molar-refractivity contribution in [2.75, 3.05) is 25.2 Å². The van der Waals surface area contributed by atoms with Crippen LogP contribution in [-0.4, -0.2) is 35.8 Å². The van der Waals surface area contributed by atoms with Gasteiger partial charge in [0, 0.05) is 12.6 Å². The number of aliphatic carboxylic acids is 1. The van der Waals surface area contributed by atoms with Gasteiger partial charge >= 0.3 is 0 Å². The molecule has 0 bridgehead atoms. The number of carboxylic acids is 1. The van der Waals surface area contributed by atoms with Gasteiger partial charge in [0.05, 0.1) is 13.7 Å². The van der Waals surface area contributed by atoms with Crippen LogP contribution < -0.4 is 9.67 Å². The first-order valence-electron chi connectivity index (χ1n) is 5.87. The van der Waals surface area contributed by atoms with Crippen LogP contribution in [0.2, 0.25) is 0 Å². The largest absolute Gasteiger partial charge is 0.550 e. The number of nitrogens with zero attached hydrogens (tertiary/aromatic N) is 2. The quantitative estimate of drug-likeness (QED) is 0.512. The van der Waals surface area contributed by atoms with E-state index in [1.54, 1.807) is 0 Å². The van der Waals surface area contributed by atoms with E-state index >= 15 is 0 Å². The molecule has 6 heteroatoms. The second-order valence-corrected chi connectivity index (χ2v) is 4.61. The van der Waals surface area contributed by atoms with Gasteiger partial charge in [0.25, 0.3) is 0 Å². The predicted molar refractivity (Wildman–Crippen MR) is 70.1 cm³/mol. The Morgan fingerprint density at radius 2 is 2.28 bits per heavy atom. The molecule has 5 nitrogen and oxygen atoms in total. The first-order valence-corrected chi connectivity index (χ1v) is 7.27. The molecule has 0 amide bonds. The summed E-state index contributed by atoms with van der Waals surface area (Å²) in [7, 11) is 2.01. The van der Waals surface area contributed by atoms with Crippen LogP contribution in [0.15, 0.2) is 18.7 Å². The lowest BCUT2D eigenvalue weighted by molar-refractivity contribution is -0.671. The number of aryl methyl sites for hydroxylation is 1. The molecule has 1 rings (SSSR count). The Balaban J connectivity index is 0.000000360. The summed E-state index contributed by atoms with van der Waals surface area (Å²) in [5.74, 6) is -0.308. The minimum Gasteiger partial charge on any atom is -0.550 e. The van der Waals surface area contributed by atoms with Gasteiger partial charge in [-0.25, -0.2) is 9.13 Å². The van der Waals surface area contributed by atoms with E-state index < -0.39 is 5.97 Å². The van der Waals surface area contributed by atoms with E-state index in [0.29, 0.717) is 5.75 Å². The minimum absolute atomic E-state index is 0.168. The maximum Gasteiger partial charge on any atom is 0.243 e. The summed E-state index contributed by atoms with van der Waals surface area (Å²) in [5.41, 5.74) is 0. The van der Waals surface area contributed by atoms with Crippen molar-refractivity contribution in [1.82, 2.24) is 4.57 Å². The fourth-order valence-corrected chi connectivity index (χ4v) is 1.50. The van der Waals surface area contributed by atoms with Gasteiger partial charge in [-0.05, 0) is 25.4 Å². The second kappa shape index (κ2) is 11.1. The predicted octanol–water partition coefficient (Wildman–Crippen LogP) is -0.161. The summed E-state index contributed by atoms with van der Waals surface area (Å²) >= 11 is 1.51. The zero-order valence-electron chi connectivity index (χ0n) is 11.3. The molecule has 104 valence electrons. The Kier molecular flexibility index (Phi) is 10.5. The SMILES string of the molecule is CCOCCn1cc[n+](C)c1.CSCCC(=O)[O-]. The van der Waals surface area contributed by atoms with E-state index in [1.165, 1.54) is 11.8 Å². The molecule has 0 aliphatic carbocycles. The third kappa shape index (κ3) is 10.2. The molecule has 0 fully saturated rings. The van der Waals surface area contributed by atoms with Crippen molar-refractivity contribution >= 4 is 17.7 Å².